The molecule has 1 unspecified atom stereocenters. The number of thiol groups is 1. The van der Waals surface area contributed by atoms with E-state index >= 15 is 0 Å². The van der Waals surface area contributed by atoms with Crippen LogP contribution in [0.3, 0.4) is 0 Å². The van der Waals surface area contributed by atoms with Crippen LogP contribution in [0.15, 0.2) is 24.3 Å². The van der Waals surface area contributed by atoms with Gasteiger partial charge in [-0.25, -0.2) is 4.79 Å². The summed E-state index contributed by atoms with van der Waals surface area (Å²) in [7, 11) is 0. The van der Waals surface area contributed by atoms with Gasteiger partial charge in [-0.05, 0) is 24.3 Å². The van der Waals surface area contributed by atoms with E-state index in [1.807, 2.05) is 22.6 Å². The van der Waals surface area contributed by atoms with Crippen LogP contribution in [-0.4, -0.2) is 38.4 Å². The van der Waals surface area contributed by atoms with Crippen LogP contribution in [0.2, 0.25) is 0 Å². The fraction of sp³-hybridized carbons (Fsp3) is 0.231. The van der Waals surface area contributed by atoms with E-state index in [2.05, 4.69) is 17.9 Å². The second-order valence-corrected chi connectivity index (χ2v) is 5.77. The number of nitrogens with zero attached hydrogens (tertiary/aromatic N) is 1. The topological polar surface area (TPSA) is 92.8 Å². The molecule has 1 fully saturated rings. The Kier molecular flexibility index (Phi) is 5.40. The molecule has 1 aromatic carbocycles. The maximum absolute atomic E-state index is 11.9. The van der Waals surface area contributed by atoms with E-state index < -0.39 is 23.0 Å². The molecular weight excluding hydrogens is 423 g/mol. The molecule has 1 N–H and O–H groups in total. The van der Waals surface area contributed by atoms with Crippen LogP contribution in [0.1, 0.15) is 16.8 Å². The molecular formula is C13H11IN2O5S. The van der Waals surface area contributed by atoms with Gasteiger partial charge in [-0.1, -0.05) is 22.6 Å². The lowest BCUT2D eigenvalue weighted by molar-refractivity contribution is -0.172. The summed E-state index contributed by atoms with van der Waals surface area (Å²) in [5.74, 6) is -2.27. The maximum atomic E-state index is 11.9. The number of halogens is 1. The molecule has 0 bridgehead atoms. The number of carbonyl (C=O) groups excluding carboxylic acids is 4. The second-order valence-electron chi connectivity index (χ2n) is 4.38. The average molecular weight is 434 g/mol. The third-order valence-electron chi connectivity index (χ3n) is 2.78. The summed E-state index contributed by atoms with van der Waals surface area (Å²) < 4.78 is 0.311. The third-order valence-corrected chi connectivity index (χ3v) is 3.88. The van der Waals surface area contributed by atoms with Gasteiger partial charge in [0.1, 0.15) is 0 Å². The Morgan fingerprint density at radius 1 is 1.32 bits per heavy atom. The Bertz CT molecular complexity index is 634. The van der Waals surface area contributed by atoms with Gasteiger partial charge in [-0.3, -0.25) is 14.4 Å². The number of rotatable bonds is 4. The van der Waals surface area contributed by atoms with Crippen LogP contribution >= 0.6 is 35.2 Å². The van der Waals surface area contributed by atoms with Gasteiger partial charge in [0, 0.05) is 5.69 Å². The molecule has 0 saturated carbocycles. The minimum Gasteiger partial charge on any atom is -0.325 e. The van der Waals surface area contributed by atoms with Crippen molar-refractivity contribution >= 4 is 64.6 Å². The quantitative estimate of drug-likeness (QED) is 0.322. The minimum absolute atomic E-state index is 0.101. The van der Waals surface area contributed by atoms with E-state index in [9.17, 15) is 19.2 Å². The van der Waals surface area contributed by atoms with Gasteiger partial charge in [0.15, 0.2) is 0 Å². The maximum Gasteiger partial charge on any atom is 0.363 e. The molecule has 2 rings (SSSR count). The predicted molar refractivity (Wildman–Crippen MR) is 88.6 cm³/mol. The van der Waals surface area contributed by atoms with Crippen molar-refractivity contribution in [3.63, 3.8) is 0 Å². The Labute approximate surface area is 144 Å². The molecule has 1 heterocycles. The van der Waals surface area contributed by atoms with Crippen LogP contribution in [0.5, 0.6) is 0 Å². The third kappa shape index (κ3) is 3.77. The lowest BCUT2D eigenvalue weighted by atomic mass is 10.2. The number of nitrogens with one attached hydrogen (secondary N) is 1. The van der Waals surface area contributed by atoms with Gasteiger partial charge in [0.05, 0.1) is 21.7 Å². The van der Waals surface area contributed by atoms with E-state index in [-0.39, 0.29) is 17.9 Å². The first kappa shape index (κ1) is 16.7. The van der Waals surface area contributed by atoms with E-state index in [0.29, 0.717) is 15.2 Å². The van der Waals surface area contributed by atoms with Crippen molar-refractivity contribution in [3.8, 4) is 0 Å². The Hall–Kier alpha value is -1.62. The first-order chi connectivity index (χ1) is 10.4. The summed E-state index contributed by atoms with van der Waals surface area (Å²) in [6.45, 7) is 0. The molecule has 7 nitrogen and oxygen atoms in total. The number of hydroxylamine groups is 2. The van der Waals surface area contributed by atoms with Crippen LogP contribution in [0.25, 0.3) is 0 Å². The molecule has 22 heavy (non-hydrogen) atoms. The number of amides is 3. The van der Waals surface area contributed by atoms with Crippen molar-refractivity contribution in [2.24, 2.45) is 0 Å². The SMILES string of the molecule is O=C(CI)Nc1ccc(C(=O)ON2C(=O)CC(S)C2=O)cc1. The highest BCUT2D eigenvalue weighted by Crippen LogP contribution is 2.19. The minimum atomic E-state index is -0.837. The van der Waals surface area contributed by atoms with Gasteiger partial charge in [0.25, 0.3) is 11.8 Å². The van der Waals surface area contributed by atoms with Gasteiger partial charge in [0.2, 0.25) is 5.91 Å². The number of alkyl halides is 1. The first-order valence-corrected chi connectivity index (χ1v) is 8.19. The highest BCUT2D eigenvalue weighted by atomic mass is 127. The Morgan fingerprint density at radius 3 is 2.45 bits per heavy atom. The van der Waals surface area contributed by atoms with E-state index in [0.717, 1.165) is 0 Å². The van der Waals surface area contributed by atoms with E-state index in [1.54, 1.807) is 0 Å². The zero-order valence-corrected chi connectivity index (χ0v) is 14.2. The van der Waals surface area contributed by atoms with Gasteiger partial charge < -0.3 is 10.2 Å². The molecule has 116 valence electrons. The lowest BCUT2D eigenvalue weighted by Crippen LogP contribution is -2.33. The van der Waals surface area contributed by atoms with Gasteiger partial charge in [-0.2, -0.15) is 12.6 Å². The zero-order valence-electron chi connectivity index (χ0n) is 11.1. The number of imide groups is 1. The van der Waals surface area contributed by atoms with Crippen molar-refractivity contribution in [2.75, 3.05) is 9.74 Å². The number of hydrogen-bond donors (Lipinski definition) is 2. The summed E-state index contributed by atoms with van der Waals surface area (Å²) in [4.78, 5) is 51.0. The predicted octanol–water partition coefficient (Wildman–Crippen LogP) is 1.19. The second kappa shape index (κ2) is 7.09. The molecule has 0 spiro atoms. The summed E-state index contributed by atoms with van der Waals surface area (Å²) in [5, 5.41) is 2.27. The van der Waals surface area contributed by atoms with E-state index in [4.69, 9.17) is 4.84 Å². The van der Waals surface area contributed by atoms with Crippen LogP contribution < -0.4 is 5.32 Å². The van der Waals surface area contributed by atoms with Crippen LogP contribution in [-0.2, 0) is 19.2 Å². The number of hydrogen-bond acceptors (Lipinski definition) is 6. The highest BCUT2D eigenvalue weighted by molar-refractivity contribution is 14.1. The van der Waals surface area contributed by atoms with Crippen molar-refractivity contribution in [1.82, 2.24) is 5.06 Å². The van der Waals surface area contributed by atoms with Gasteiger partial charge in [-0.15, -0.1) is 5.06 Å². The summed E-state index contributed by atoms with van der Waals surface area (Å²) in [6.07, 6.45) is -0.101. The van der Waals surface area contributed by atoms with Crippen LogP contribution in [0, 0.1) is 0 Å². The fourth-order valence-electron chi connectivity index (χ4n) is 1.71. The smallest absolute Gasteiger partial charge is 0.325 e. The van der Waals surface area contributed by atoms with Crippen molar-refractivity contribution in [1.29, 1.82) is 0 Å². The normalized spacial score (nSPS) is 17.5. The first-order valence-electron chi connectivity index (χ1n) is 6.15. The zero-order chi connectivity index (χ0) is 16.3. The fourth-order valence-corrected chi connectivity index (χ4v) is 2.16. The highest BCUT2D eigenvalue weighted by Gasteiger charge is 2.39. The van der Waals surface area contributed by atoms with Gasteiger partial charge >= 0.3 is 5.97 Å². The summed E-state index contributed by atoms with van der Waals surface area (Å²) in [6, 6.07) is 5.90. The van der Waals surface area contributed by atoms with Crippen molar-refractivity contribution < 1.29 is 24.0 Å². The van der Waals surface area contributed by atoms with E-state index in [1.165, 1.54) is 24.3 Å². The molecule has 1 aliphatic rings. The molecule has 0 aromatic heterocycles. The number of carbonyl (C=O) groups is 4. The van der Waals surface area contributed by atoms with Crippen molar-refractivity contribution in [3.05, 3.63) is 29.8 Å². The molecule has 9 heteroatoms. The van der Waals surface area contributed by atoms with Crippen LogP contribution in [0.4, 0.5) is 5.69 Å². The largest absolute Gasteiger partial charge is 0.363 e. The Morgan fingerprint density at radius 2 is 1.95 bits per heavy atom. The average Bonchev–Trinajstić information content (AvgIpc) is 2.74. The standard InChI is InChI=1S/C13H11IN2O5S/c14-6-10(17)15-8-3-1-7(2-4-8)13(20)21-16-11(18)5-9(22)12(16)19/h1-4,9,22H,5-6H2,(H,15,17). The molecule has 1 atom stereocenters. The molecule has 1 saturated heterocycles. The monoisotopic (exact) mass is 434 g/mol. The lowest BCUT2D eigenvalue weighted by Gasteiger charge is -2.13. The Balaban J connectivity index is 2.03. The number of anilines is 1. The molecule has 1 aliphatic heterocycles. The molecule has 1 aromatic rings. The summed E-state index contributed by atoms with van der Waals surface area (Å²) >= 11 is 5.85. The molecule has 0 radical (unpaired) electrons. The van der Waals surface area contributed by atoms with Crippen molar-refractivity contribution in [2.45, 2.75) is 11.7 Å². The number of benzene rings is 1. The molecule has 3 amide bonds. The summed E-state index contributed by atoms with van der Waals surface area (Å²) in [5.41, 5.74) is 0.678. The molecule has 0 aliphatic carbocycles.